The van der Waals surface area contributed by atoms with Gasteiger partial charge in [-0.2, -0.15) is 4.98 Å². The van der Waals surface area contributed by atoms with E-state index in [2.05, 4.69) is 39.5 Å². The van der Waals surface area contributed by atoms with E-state index >= 15 is 0 Å². The number of ether oxygens (including phenoxy) is 1. The molecule has 0 aliphatic carbocycles. The van der Waals surface area contributed by atoms with Gasteiger partial charge in [-0.1, -0.05) is 42.5 Å². The summed E-state index contributed by atoms with van der Waals surface area (Å²) < 4.78 is 11.6. The Bertz CT molecular complexity index is 1390. The minimum absolute atomic E-state index is 0.524. The molecule has 2 aromatic carbocycles. The second-order valence-electron chi connectivity index (χ2n) is 7.68. The standard InChI is InChI=1S/C25H21N5O2/c1-2-6-17(7-3-1)18-8-4-9-19(16-18)27-25-28-21-20-10-5-11-26-24(20)32-22(21)23(29-25)30-12-14-31-15-13-30/h1-11,16H,12-15H2,(H,27,28,29). The zero-order chi connectivity index (χ0) is 21.3. The Hall–Kier alpha value is -3.97. The third-order valence-corrected chi connectivity index (χ3v) is 5.61. The van der Waals surface area contributed by atoms with Gasteiger partial charge in [-0.15, -0.1) is 0 Å². The molecule has 1 N–H and O–H groups in total. The highest BCUT2D eigenvalue weighted by atomic mass is 16.5. The van der Waals surface area contributed by atoms with Gasteiger partial charge in [0, 0.05) is 25.0 Å². The van der Waals surface area contributed by atoms with Crippen molar-refractivity contribution < 1.29 is 9.15 Å². The lowest BCUT2D eigenvalue weighted by molar-refractivity contribution is 0.122. The zero-order valence-corrected chi connectivity index (χ0v) is 17.4. The maximum absolute atomic E-state index is 6.07. The fourth-order valence-electron chi connectivity index (χ4n) is 4.05. The monoisotopic (exact) mass is 423 g/mol. The first-order valence-corrected chi connectivity index (χ1v) is 10.7. The third kappa shape index (κ3) is 3.42. The molecule has 1 aliphatic heterocycles. The first-order valence-electron chi connectivity index (χ1n) is 10.7. The van der Waals surface area contributed by atoms with Crippen LogP contribution in [0, 0.1) is 0 Å². The molecule has 0 radical (unpaired) electrons. The van der Waals surface area contributed by atoms with Gasteiger partial charge in [0.1, 0.15) is 5.52 Å². The smallest absolute Gasteiger partial charge is 0.230 e. The molecule has 3 aromatic heterocycles. The number of aromatic nitrogens is 3. The number of fused-ring (bicyclic) bond motifs is 3. The Balaban J connectivity index is 1.44. The molecule has 7 nitrogen and oxygen atoms in total. The van der Waals surface area contributed by atoms with Gasteiger partial charge in [-0.05, 0) is 35.4 Å². The number of hydrogen-bond acceptors (Lipinski definition) is 7. The van der Waals surface area contributed by atoms with Crippen molar-refractivity contribution in [3.05, 3.63) is 72.9 Å². The molecule has 0 amide bonds. The Kier molecular flexibility index (Phi) is 4.66. The third-order valence-electron chi connectivity index (χ3n) is 5.61. The number of pyridine rings is 1. The van der Waals surface area contributed by atoms with Gasteiger partial charge in [0.25, 0.3) is 0 Å². The van der Waals surface area contributed by atoms with Crippen LogP contribution < -0.4 is 10.2 Å². The highest BCUT2D eigenvalue weighted by Gasteiger charge is 2.22. The fourth-order valence-corrected chi connectivity index (χ4v) is 4.05. The maximum atomic E-state index is 6.07. The van der Waals surface area contributed by atoms with Gasteiger partial charge in [-0.3, -0.25) is 0 Å². The molecule has 0 saturated carbocycles. The van der Waals surface area contributed by atoms with E-state index in [1.54, 1.807) is 6.20 Å². The summed E-state index contributed by atoms with van der Waals surface area (Å²) in [7, 11) is 0. The molecular formula is C25H21N5O2. The molecule has 1 saturated heterocycles. The molecule has 158 valence electrons. The Morgan fingerprint density at radius 3 is 2.56 bits per heavy atom. The molecule has 5 aromatic rings. The molecular weight excluding hydrogens is 402 g/mol. The number of hydrogen-bond donors (Lipinski definition) is 1. The second kappa shape index (κ2) is 7.94. The summed E-state index contributed by atoms with van der Waals surface area (Å²) >= 11 is 0. The SMILES string of the molecule is c1ccc(-c2cccc(Nc3nc(N4CCOCC4)c4oc5ncccc5c4n3)c2)cc1. The molecule has 1 aliphatic rings. The summed E-state index contributed by atoms with van der Waals surface area (Å²) in [5.74, 6) is 1.29. The minimum Gasteiger partial charge on any atom is -0.432 e. The van der Waals surface area contributed by atoms with Crippen molar-refractivity contribution in [2.24, 2.45) is 0 Å². The van der Waals surface area contributed by atoms with Crippen LogP contribution in [0.2, 0.25) is 0 Å². The van der Waals surface area contributed by atoms with E-state index in [1.165, 1.54) is 0 Å². The van der Waals surface area contributed by atoms with E-state index in [4.69, 9.17) is 19.1 Å². The fraction of sp³-hybridized carbons (Fsp3) is 0.160. The number of morpholine rings is 1. The van der Waals surface area contributed by atoms with Crippen LogP contribution in [0.4, 0.5) is 17.5 Å². The number of anilines is 3. The highest BCUT2D eigenvalue weighted by molar-refractivity contribution is 6.05. The first kappa shape index (κ1) is 18.8. The van der Waals surface area contributed by atoms with E-state index in [-0.39, 0.29) is 0 Å². The molecule has 7 heteroatoms. The van der Waals surface area contributed by atoms with E-state index < -0.39 is 0 Å². The van der Waals surface area contributed by atoms with Gasteiger partial charge in [0.2, 0.25) is 11.7 Å². The van der Waals surface area contributed by atoms with Crippen molar-refractivity contribution in [2.75, 3.05) is 36.5 Å². The lowest BCUT2D eigenvalue weighted by Crippen LogP contribution is -2.37. The molecule has 0 spiro atoms. The van der Waals surface area contributed by atoms with Gasteiger partial charge >= 0.3 is 0 Å². The van der Waals surface area contributed by atoms with Gasteiger partial charge in [0.15, 0.2) is 11.4 Å². The van der Waals surface area contributed by atoms with Crippen molar-refractivity contribution in [3.8, 4) is 11.1 Å². The summed E-state index contributed by atoms with van der Waals surface area (Å²) in [5.41, 5.74) is 5.19. The largest absolute Gasteiger partial charge is 0.432 e. The Morgan fingerprint density at radius 1 is 0.844 bits per heavy atom. The van der Waals surface area contributed by atoms with Crippen LogP contribution in [0.3, 0.4) is 0 Å². The first-order chi connectivity index (χ1) is 15.8. The molecule has 6 rings (SSSR count). The number of nitrogens with one attached hydrogen (secondary N) is 1. The van der Waals surface area contributed by atoms with E-state index in [0.717, 1.165) is 46.6 Å². The van der Waals surface area contributed by atoms with Crippen LogP contribution >= 0.6 is 0 Å². The Labute approximate surface area is 184 Å². The quantitative estimate of drug-likeness (QED) is 0.435. The average Bonchev–Trinajstić information content (AvgIpc) is 3.23. The van der Waals surface area contributed by atoms with Crippen LogP contribution in [0.1, 0.15) is 0 Å². The second-order valence-corrected chi connectivity index (χ2v) is 7.68. The number of nitrogens with zero attached hydrogens (tertiary/aromatic N) is 4. The van der Waals surface area contributed by atoms with Gasteiger partial charge in [-0.25, -0.2) is 9.97 Å². The van der Waals surface area contributed by atoms with E-state index in [0.29, 0.717) is 30.5 Å². The predicted molar refractivity (Wildman–Crippen MR) is 125 cm³/mol. The lowest BCUT2D eigenvalue weighted by atomic mass is 10.1. The molecule has 0 bridgehead atoms. The Morgan fingerprint density at radius 2 is 1.69 bits per heavy atom. The number of benzene rings is 2. The maximum Gasteiger partial charge on any atom is 0.230 e. The normalized spacial score (nSPS) is 14.2. The molecule has 0 unspecified atom stereocenters. The molecule has 1 fully saturated rings. The van der Waals surface area contributed by atoms with Crippen molar-refractivity contribution >= 4 is 39.7 Å². The lowest BCUT2D eigenvalue weighted by Gasteiger charge is -2.27. The van der Waals surface area contributed by atoms with Crippen LogP contribution in [0.5, 0.6) is 0 Å². The number of rotatable bonds is 4. The minimum atomic E-state index is 0.524. The van der Waals surface area contributed by atoms with Gasteiger partial charge < -0.3 is 19.4 Å². The molecule has 0 atom stereocenters. The van der Waals surface area contributed by atoms with Crippen molar-refractivity contribution in [1.29, 1.82) is 0 Å². The summed E-state index contributed by atoms with van der Waals surface area (Å²) in [6, 6.07) is 22.4. The predicted octanol–water partition coefficient (Wildman–Crippen LogP) is 5.02. The summed E-state index contributed by atoms with van der Waals surface area (Å²) in [6.07, 6.45) is 1.72. The average molecular weight is 423 g/mol. The van der Waals surface area contributed by atoms with Crippen LogP contribution in [-0.4, -0.2) is 41.3 Å². The van der Waals surface area contributed by atoms with Crippen molar-refractivity contribution in [2.45, 2.75) is 0 Å². The molecule has 4 heterocycles. The number of furan rings is 1. The summed E-state index contributed by atoms with van der Waals surface area (Å²) in [6.45, 7) is 2.82. The summed E-state index contributed by atoms with van der Waals surface area (Å²) in [4.78, 5) is 16.2. The van der Waals surface area contributed by atoms with Crippen LogP contribution in [-0.2, 0) is 4.74 Å². The van der Waals surface area contributed by atoms with Crippen LogP contribution in [0.15, 0.2) is 77.3 Å². The summed E-state index contributed by atoms with van der Waals surface area (Å²) in [5, 5.41) is 4.27. The highest BCUT2D eigenvalue weighted by Crippen LogP contribution is 2.34. The van der Waals surface area contributed by atoms with E-state index in [9.17, 15) is 0 Å². The topological polar surface area (TPSA) is 76.3 Å². The van der Waals surface area contributed by atoms with Crippen molar-refractivity contribution in [1.82, 2.24) is 15.0 Å². The zero-order valence-electron chi connectivity index (χ0n) is 17.4. The van der Waals surface area contributed by atoms with Gasteiger partial charge in [0.05, 0.1) is 18.6 Å². The molecule has 32 heavy (non-hydrogen) atoms. The van der Waals surface area contributed by atoms with Crippen LogP contribution in [0.25, 0.3) is 33.3 Å². The van der Waals surface area contributed by atoms with E-state index in [1.807, 2.05) is 42.5 Å². The van der Waals surface area contributed by atoms with Crippen molar-refractivity contribution in [3.63, 3.8) is 0 Å².